The average Bonchev–Trinajstić information content (AvgIpc) is 2.60. The van der Waals surface area contributed by atoms with Crippen LogP contribution in [-0.4, -0.2) is 19.9 Å². The van der Waals surface area contributed by atoms with Crippen molar-refractivity contribution in [2.45, 2.75) is 6.54 Å². The van der Waals surface area contributed by atoms with E-state index in [1.54, 1.807) is 12.4 Å². The van der Waals surface area contributed by atoms with E-state index in [-0.39, 0.29) is 0 Å². The van der Waals surface area contributed by atoms with Gasteiger partial charge in [0, 0.05) is 24.3 Å². The van der Waals surface area contributed by atoms with Crippen LogP contribution in [0.4, 0.5) is 5.82 Å². The molecule has 1 aromatic carbocycles. The van der Waals surface area contributed by atoms with Crippen molar-refractivity contribution in [1.82, 2.24) is 19.9 Å². The molecule has 0 unspecified atom stereocenters. The Morgan fingerprint density at radius 1 is 0.864 bits per heavy atom. The van der Waals surface area contributed by atoms with E-state index in [0.29, 0.717) is 12.2 Å². The van der Waals surface area contributed by atoms with E-state index in [1.165, 1.54) is 11.9 Å². The summed E-state index contributed by atoms with van der Waals surface area (Å²) in [6.07, 6.45) is 5.07. The van der Waals surface area contributed by atoms with E-state index in [2.05, 4.69) is 43.5 Å². The number of pyridine rings is 2. The Kier molecular flexibility index (Phi) is 3.08. The second-order valence-corrected chi connectivity index (χ2v) is 4.98. The van der Waals surface area contributed by atoms with Crippen LogP contribution in [0.5, 0.6) is 0 Å². The molecule has 1 N–H and O–H groups in total. The zero-order chi connectivity index (χ0) is 14.8. The standard InChI is InChI=1S/C17H13N5/c1-3-13-9-12(5-6-15(13)18-7-1)10-20-17-14-4-2-8-19-16(14)21-11-22-17/h1-9,11H,10H2,(H,19,20,21,22). The summed E-state index contributed by atoms with van der Waals surface area (Å²) in [5.74, 6) is 0.796. The maximum Gasteiger partial charge on any atom is 0.164 e. The Morgan fingerprint density at radius 2 is 1.77 bits per heavy atom. The zero-order valence-corrected chi connectivity index (χ0v) is 11.8. The van der Waals surface area contributed by atoms with Gasteiger partial charge in [0.05, 0.1) is 10.9 Å². The predicted molar refractivity (Wildman–Crippen MR) is 86.4 cm³/mol. The minimum absolute atomic E-state index is 0.686. The molecule has 106 valence electrons. The molecular formula is C17H13N5. The van der Waals surface area contributed by atoms with Crippen molar-refractivity contribution in [3.05, 3.63) is 66.7 Å². The number of hydrogen-bond donors (Lipinski definition) is 1. The first kappa shape index (κ1) is 12.6. The lowest BCUT2D eigenvalue weighted by Crippen LogP contribution is -2.03. The maximum atomic E-state index is 4.33. The normalized spacial score (nSPS) is 10.9. The van der Waals surface area contributed by atoms with Gasteiger partial charge in [0.15, 0.2) is 5.65 Å². The van der Waals surface area contributed by atoms with Crippen molar-refractivity contribution in [2.75, 3.05) is 5.32 Å². The molecule has 0 aliphatic rings. The fraction of sp³-hybridized carbons (Fsp3) is 0.0588. The van der Waals surface area contributed by atoms with Gasteiger partial charge in [0.2, 0.25) is 0 Å². The van der Waals surface area contributed by atoms with Crippen molar-refractivity contribution in [3.8, 4) is 0 Å². The van der Waals surface area contributed by atoms with Crippen LogP contribution in [0.25, 0.3) is 21.9 Å². The lowest BCUT2D eigenvalue weighted by Gasteiger charge is -2.08. The molecule has 5 heteroatoms. The molecule has 4 aromatic rings. The van der Waals surface area contributed by atoms with Crippen molar-refractivity contribution in [2.24, 2.45) is 0 Å². The molecule has 0 bridgehead atoms. The van der Waals surface area contributed by atoms with Gasteiger partial charge in [-0.1, -0.05) is 12.1 Å². The van der Waals surface area contributed by atoms with Gasteiger partial charge in [-0.3, -0.25) is 4.98 Å². The molecule has 0 aliphatic carbocycles. The van der Waals surface area contributed by atoms with Crippen LogP contribution in [0.1, 0.15) is 5.56 Å². The summed E-state index contributed by atoms with van der Waals surface area (Å²) in [4.78, 5) is 17.0. The summed E-state index contributed by atoms with van der Waals surface area (Å²) >= 11 is 0. The Morgan fingerprint density at radius 3 is 2.77 bits per heavy atom. The predicted octanol–water partition coefficient (Wildman–Crippen LogP) is 3.19. The fourth-order valence-electron chi connectivity index (χ4n) is 2.46. The third-order valence-electron chi connectivity index (χ3n) is 3.54. The number of benzene rings is 1. The van der Waals surface area contributed by atoms with Crippen LogP contribution in [0, 0.1) is 0 Å². The smallest absolute Gasteiger partial charge is 0.164 e. The minimum atomic E-state index is 0.686. The minimum Gasteiger partial charge on any atom is -0.365 e. The summed E-state index contributed by atoms with van der Waals surface area (Å²) < 4.78 is 0. The Labute approximate surface area is 127 Å². The van der Waals surface area contributed by atoms with Gasteiger partial charge in [-0.05, 0) is 35.9 Å². The average molecular weight is 287 g/mol. The molecule has 0 saturated carbocycles. The molecule has 22 heavy (non-hydrogen) atoms. The molecule has 4 rings (SSSR count). The second kappa shape index (κ2) is 5.37. The van der Waals surface area contributed by atoms with Crippen LogP contribution in [0.3, 0.4) is 0 Å². The number of hydrogen-bond acceptors (Lipinski definition) is 5. The van der Waals surface area contributed by atoms with Gasteiger partial charge in [-0.2, -0.15) is 0 Å². The second-order valence-electron chi connectivity index (χ2n) is 4.98. The molecule has 0 radical (unpaired) electrons. The Bertz CT molecular complexity index is 946. The topological polar surface area (TPSA) is 63.6 Å². The maximum absolute atomic E-state index is 4.33. The molecule has 0 amide bonds. The van der Waals surface area contributed by atoms with Crippen LogP contribution >= 0.6 is 0 Å². The molecule has 0 fully saturated rings. The number of nitrogens with one attached hydrogen (secondary N) is 1. The van der Waals surface area contributed by atoms with Gasteiger partial charge < -0.3 is 5.32 Å². The van der Waals surface area contributed by atoms with Crippen molar-refractivity contribution < 1.29 is 0 Å². The van der Waals surface area contributed by atoms with E-state index in [4.69, 9.17) is 0 Å². The van der Waals surface area contributed by atoms with Gasteiger partial charge in [-0.25, -0.2) is 15.0 Å². The van der Waals surface area contributed by atoms with E-state index >= 15 is 0 Å². The Hall–Kier alpha value is -3.08. The largest absolute Gasteiger partial charge is 0.365 e. The van der Waals surface area contributed by atoms with Gasteiger partial charge in [0.1, 0.15) is 12.1 Å². The summed E-state index contributed by atoms with van der Waals surface area (Å²) in [5.41, 5.74) is 2.88. The lowest BCUT2D eigenvalue weighted by atomic mass is 10.1. The number of nitrogens with zero attached hydrogens (tertiary/aromatic N) is 4. The molecule has 0 aliphatic heterocycles. The highest BCUT2D eigenvalue weighted by atomic mass is 15.0. The monoisotopic (exact) mass is 287 g/mol. The van der Waals surface area contributed by atoms with Crippen LogP contribution < -0.4 is 5.32 Å². The van der Waals surface area contributed by atoms with Crippen LogP contribution in [0.2, 0.25) is 0 Å². The Balaban J connectivity index is 1.63. The molecule has 0 spiro atoms. The van der Waals surface area contributed by atoms with Crippen molar-refractivity contribution in [3.63, 3.8) is 0 Å². The molecule has 3 aromatic heterocycles. The van der Waals surface area contributed by atoms with E-state index in [1.807, 2.05) is 24.3 Å². The third kappa shape index (κ3) is 2.33. The molecular weight excluding hydrogens is 274 g/mol. The highest BCUT2D eigenvalue weighted by Gasteiger charge is 2.04. The highest BCUT2D eigenvalue weighted by Crippen LogP contribution is 2.18. The quantitative estimate of drug-likeness (QED) is 0.627. The number of aromatic nitrogens is 4. The van der Waals surface area contributed by atoms with Gasteiger partial charge >= 0.3 is 0 Å². The van der Waals surface area contributed by atoms with Gasteiger partial charge in [0.25, 0.3) is 0 Å². The van der Waals surface area contributed by atoms with E-state index in [0.717, 1.165) is 22.1 Å². The first-order valence-corrected chi connectivity index (χ1v) is 7.03. The van der Waals surface area contributed by atoms with E-state index in [9.17, 15) is 0 Å². The summed E-state index contributed by atoms with van der Waals surface area (Å²) in [5, 5.41) is 5.42. The van der Waals surface area contributed by atoms with Crippen molar-refractivity contribution in [1.29, 1.82) is 0 Å². The van der Waals surface area contributed by atoms with E-state index < -0.39 is 0 Å². The molecule has 0 saturated heterocycles. The lowest BCUT2D eigenvalue weighted by molar-refractivity contribution is 1.10. The van der Waals surface area contributed by atoms with Crippen LogP contribution in [0.15, 0.2) is 61.2 Å². The summed E-state index contributed by atoms with van der Waals surface area (Å²) in [6.45, 7) is 0.686. The number of rotatable bonds is 3. The molecule has 5 nitrogen and oxygen atoms in total. The first-order valence-electron chi connectivity index (χ1n) is 7.03. The SMILES string of the molecule is c1cnc2ccc(CNc3ncnc4ncccc34)cc2c1. The highest BCUT2D eigenvalue weighted by molar-refractivity contribution is 5.86. The molecule has 3 heterocycles. The van der Waals surface area contributed by atoms with Crippen LogP contribution in [-0.2, 0) is 6.54 Å². The van der Waals surface area contributed by atoms with Crippen molar-refractivity contribution >= 4 is 27.8 Å². The fourth-order valence-corrected chi connectivity index (χ4v) is 2.46. The third-order valence-corrected chi connectivity index (χ3v) is 3.54. The number of fused-ring (bicyclic) bond motifs is 2. The molecule has 0 atom stereocenters. The first-order chi connectivity index (χ1) is 10.9. The number of anilines is 1. The summed E-state index contributed by atoms with van der Waals surface area (Å²) in [7, 11) is 0. The van der Waals surface area contributed by atoms with Gasteiger partial charge in [-0.15, -0.1) is 0 Å². The summed E-state index contributed by atoms with van der Waals surface area (Å²) in [6, 6.07) is 14.1. The zero-order valence-electron chi connectivity index (χ0n) is 11.8.